The third-order valence-electron chi connectivity index (χ3n) is 6.29. The first-order valence-corrected chi connectivity index (χ1v) is 10.1. The Morgan fingerprint density at radius 1 is 1.14 bits per heavy atom. The van der Waals surface area contributed by atoms with E-state index in [0.29, 0.717) is 11.5 Å². The van der Waals surface area contributed by atoms with E-state index in [1.54, 1.807) is 6.92 Å². The summed E-state index contributed by atoms with van der Waals surface area (Å²) >= 11 is 0. The van der Waals surface area contributed by atoms with E-state index in [4.69, 9.17) is 0 Å². The Bertz CT molecular complexity index is 1040. The summed E-state index contributed by atoms with van der Waals surface area (Å²) in [6.07, 6.45) is 6.45. The molecular formula is C25H25NO3. The van der Waals surface area contributed by atoms with E-state index in [0.717, 1.165) is 25.7 Å². The Hall–Kier alpha value is -3.01. The third kappa shape index (κ3) is 3.23. The van der Waals surface area contributed by atoms with Crippen molar-refractivity contribution < 1.29 is 14.4 Å². The quantitative estimate of drug-likeness (QED) is 0.230. The second kappa shape index (κ2) is 7.43. The molecule has 4 nitrogen and oxygen atoms in total. The first kappa shape index (κ1) is 19.3. The van der Waals surface area contributed by atoms with Gasteiger partial charge in [-0.15, -0.1) is 6.58 Å². The van der Waals surface area contributed by atoms with Crippen LogP contribution < -0.4 is 0 Å². The molecule has 2 aliphatic carbocycles. The highest BCUT2D eigenvalue weighted by atomic mass is 16.7. The summed E-state index contributed by atoms with van der Waals surface area (Å²) in [6.45, 7) is 6.87. The van der Waals surface area contributed by atoms with Crippen LogP contribution in [0.2, 0.25) is 0 Å². The second-order valence-electron chi connectivity index (χ2n) is 8.07. The zero-order valence-corrected chi connectivity index (χ0v) is 16.9. The van der Waals surface area contributed by atoms with Gasteiger partial charge in [0.15, 0.2) is 0 Å². The van der Waals surface area contributed by atoms with Gasteiger partial charge in [-0.2, -0.15) is 0 Å². The van der Waals surface area contributed by atoms with Crippen LogP contribution in [0.3, 0.4) is 0 Å². The Morgan fingerprint density at radius 3 is 2.66 bits per heavy atom. The van der Waals surface area contributed by atoms with Crippen molar-refractivity contribution >= 4 is 17.5 Å². The lowest BCUT2D eigenvalue weighted by Crippen LogP contribution is -2.32. The zero-order chi connectivity index (χ0) is 20.6. The number of hydrogen-bond acceptors (Lipinski definition) is 4. The smallest absolute Gasteiger partial charge is 0.318 e. The predicted octanol–water partition coefficient (Wildman–Crippen LogP) is 5.45. The van der Waals surface area contributed by atoms with E-state index in [2.05, 4.69) is 46.9 Å². The van der Waals surface area contributed by atoms with Gasteiger partial charge >= 0.3 is 5.97 Å². The lowest BCUT2D eigenvalue weighted by Gasteiger charge is -2.39. The Kier molecular flexibility index (Phi) is 4.95. The molecule has 0 saturated heterocycles. The van der Waals surface area contributed by atoms with Crippen molar-refractivity contribution in [2.75, 3.05) is 0 Å². The maximum atomic E-state index is 12.9. The molecule has 2 aromatic carbocycles. The predicted molar refractivity (Wildman–Crippen MR) is 114 cm³/mol. The number of carbonyl (C=O) groups excluding carboxylic acids is 2. The molecular weight excluding hydrogens is 362 g/mol. The van der Waals surface area contributed by atoms with Crippen molar-refractivity contribution in [1.29, 1.82) is 0 Å². The minimum absolute atomic E-state index is 0.0831. The summed E-state index contributed by atoms with van der Waals surface area (Å²) in [5.74, 6) is -0.302. The summed E-state index contributed by atoms with van der Waals surface area (Å²) in [4.78, 5) is 28.5. The van der Waals surface area contributed by atoms with Crippen molar-refractivity contribution in [1.82, 2.24) is 0 Å². The van der Waals surface area contributed by atoms with Crippen LogP contribution in [0.25, 0.3) is 11.1 Å². The largest absolute Gasteiger partial charge is 0.331 e. The third-order valence-corrected chi connectivity index (χ3v) is 6.29. The molecule has 2 aromatic rings. The van der Waals surface area contributed by atoms with Crippen LogP contribution in [0.15, 0.2) is 60.3 Å². The molecule has 0 aliphatic heterocycles. The minimum atomic E-state index is -0.543. The average Bonchev–Trinajstić information content (AvgIpc) is 3.00. The number of Topliss-reactive ketones (excluding diaryl/α,β-unsaturated/α-hetero) is 1. The van der Waals surface area contributed by atoms with Gasteiger partial charge < -0.3 is 4.84 Å². The van der Waals surface area contributed by atoms with Gasteiger partial charge in [0.05, 0.1) is 0 Å². The summed E-state index contributed by atoms with van der Waals surface area (Å²) in [5, 5.41) is 3.67. The highest BCUT2D eigenvalue weighted by molar-refractivity contribution is 6.45. The van der Waals surface area contributed by atoms with Gasteiger partial charge in [0.2, 0.25) is 5.78 Å². The number of rotatable bonds is 4. The first-order chi connectivity index (χ1) is 14.0. The SMILES string of the molecule is C=CC1CCCC2(C1)c1ccccc1-c1ccc(C(=O)/C(C)=N/OC(C)=O)cc12. The van der Waals surface area contributed by atoms with Crippen LogP contribution in [0.4, 0.5) is 0 Å². The molecule has 1 fully saturated rings. The van der Waals surface area contributed by atoms with E-state index in [1.807, 2.05) is 18.2 Å². The van der Waals surface area contributed by atoms with E-state index in [-0.39, 0.29) is 16.9 Å². The molecule has 0 N–H and O–H groups in total. The van der Waals surface area contributed by atoms with Crippen molar-refractivity contribution in [2.45, 2.75) is 44.9 Å². The molecule has 4 heteroatoms. The maximum absolute atomic E-state index is 12.9. The van der Waals surface area contributed by atoms with Crippen LogP contribution in [-0.2, 0) is 15.0 Å². The average molecular weight is 387 g/mol. The molecule has 148 valence electrons. The molecule has 0 bridgehead atoms. The summed E-state index contributed by atoms with van der Waals surface area (Å²) in [6, 6.07) is 14.5. The molecule has 2 unspecified atom stereocenters. The molecule has 0 radical (unpaired) electrons. The van der Waals surface area contributed by atoms with Crippen molar-refractivity contribution in [3.8, 4) is 11.1 Å². The van der Waals surface area contributed by atoms with Gasteiger partial charge in [-0.25, -0.2) is 4.79 Å². The summed E-state index contributed by atoms with van der Waals surface area (Å²) in [7, 11) is 0. The van der Waals surface area contributed by atoms with E-state index in [9.17, 15) is 9.59 Å². The first-order valence-electron chi connectivity index (χ1n) is 10.1. The molecule has 0 amide bonds. The Balaban J connectivity index is 1.81. The van der Waals surface area contributed by atoms with E-state index in [1.165, 1.54) is 29.2 Å². The monoisotopic (exact) mass is 387 g/mol. The van der Waals surface area contributed by atoms with Gasteiger partial charge in [0.25, 0.3) is 0 Å². The summed E-state index contributed by atoms with van der Waals surface area (Å²) < 4.78 is 0. The molecule has 0 heterocycles. The second-order valence-corrected chi connectivity index (χ2v) is 8.07. The van der Waals surface area contributed by atoms with Crippen molar-refractivity contribution in [2.24, 2.45) is 11.1 Å². The number of allylic oxidation sites excluding steroid dienone is 1. The number of nitrogens with zero attached hydrogens (tertiary/aromatic N) is 1. The van der Waals surface area contributed by atoms with Gasteiger partial charge in [-0.05, 0) is 60.4 Å². The number of carbonyl (C=O) groups is 2. The van der Waals surface area contributed by atoms with Gasteiger partial charge in [-0.3, -0.25) is 4.79 Å². The lowest BCUT2D eigenvalue weighted by molar-refractivity contribution is -0.140. The standard InChI is InChI=1S/C25H25NO3/c1-4-18-8-7-13-25(15-18)22-10-6-5-9-20(22)21-12-11-19(14-23(21)25)24(28)16(2)26-29-17(3)27/h4-6,9-12,14,18H,1,7-8,13,15H2,2-3H3/b26-16+. The van der Waals surface area contributed by atoms with Crippen LogP contribution in [0, 0.1) is 5.92 Å². The molecule has 1 saturated carbocycles. The van der Waals surface area contributed by atoms with Gasteiger partial charge in [-0.1, -0.05) is 54.1 Å². The van der Waals surface area contributed by atoms with Gasteiger partial charge in [0, 0.05) is 17.9 Å². The molecule has 29 heavy (non-hydrogen) atoms. The zero-order valence-electron chi connectivity index (χ0n) is 16.9. The van der Waals surface area contributed by atoms with Crippen LogP contribution >= 0.6 is 0 Å². The highest BCUT2D eigenvalue weighted by Gasteiger charge is 2.45. The number of ketones is 1. The summed E-state index contributed by atoms with van der Waals surface area (Å²) in [5.41, 5.74) is 5.70. The number of fused-ring (bicyclic) bond motifs is 5. The topological polar surface area (TPSA) is 55.7 Å². The molecule has 1 spiro atoms. The highest BCUT2D eigenvalue weighted by Crippen LogP contribution is 2.56. The van der Waals surface area contributed by atoms with Crippen molar-refractivity contribution in [3.63, 3.8) is 0 Å². The van der Waals surface area contributed by atoms with Crippen LogP contribution in [0.5, 0.6) is 0 Å². The molecule has 4 rings (SSSR count). The molecule has 2 aliphatic rings. The Morgan fingerprint density at radius 2 is 1.90 bits per heavy atom. The maximum Gasteiger partial charge on any atom is 0.331 e. The fourth-order valence-electron chi connectivity index (χ4n) is 4.99. The van der Waals surface area contributed by atoms with E-state index >= 15 is 0 Å². The molecule has 2 atom stereocenters. The van der Waals surface area contributed by atoms with Crippen LogP contribution in [0.1, 0.15) is 61.0 Å². The van der Waals surface area contributed by atoms with Gasteiger partial charge in [0.1, 0.15) is 5.71 Å². The number of hydrogen-bond donors (Lipinski definition) is 0. The minimum Gasteiger partial charge on any atom is -0.318 e. The molecule has 0 aromatic heterocycles. The van der Waals surface area contributed by atoms with E-state index < -0.39 is 5.97 Å². The normalized spacial score (nSPS) is 22.7. The number of benzene rings is 2. The lowest BCUT2D eigenvalue weighted by atomic mass is 9.64. The fraction of sp³-hybridized carbons (Fsp3) is 0.320. The fourth-order valence-corrected chi connectivity index (χ4v) is 4.99. The number of oxime groups is 1. The van der Waals surface area contributed by atoms with Crippen molar-refractivity contribution in [3.05, 3.63) is 71.8 Å². The van der Waals surface area contributed by atoms with Crippen LogP contribution in [-0.4, -0.2) is 17.5 Å². The Labute approximate surface area is 171 Å².